The molecular weight excluding hydrogens is 521 g/mol. The van der Waals surface area contributed by atoms with Crippen LogP contribution in [0.4, 0.5) is 10.2 Å². The van der Waals surface area contributed by atoms with Gasteiger partial charge in [0.2, 0.25) is 0 Å². The van der Waals surface area contributed by atoms with Crippen LogP contribution in [0, 0.1) is 17.7 Å². The molecule has 2 aromatic heterocycles. The Bertz CT molecular complexity index is 1640. The van der Waals surface area contributed by atoms with E-state index in [1.807, 2.05) is 24.3 Å². The first-order valence-corrected chi connectivity index (χ1v) is 14.9. The van der Waals surface area contributed by atoms with Crippen LogP contribution in [0.2, 0.25) is 0 Å². The van der Waals surface area contributed by atoms with Crippen molar-refractivity contribution in [2.45, 2.75) is 50.2 Å². The van der Waals surface area contributed by atoms with Crippen LogP contribution in [0.25, 0.3) is 32.9 Å². The number of benzene rings is 2. The van der Waals surface area contributed by atoms with Crippen molar-refractivity contribution < 1.29 is 19.3 Å². The fourth-order valence-corrected chi connectivity index (χ4v) is 8.03. The molecule has 4 fully saturated rings. The third-order valence-corrected chi connectivity index (χ3v) is 10.1. The zero-order valence-electron chi connectivity index (χ0n) is 23.0. The molecule has 2 bridgehead atoms. The second kappa shape index (κ2) is 9.49. The smallest absolute Gasteiger partial charge is 0.319 e. The summed E-state index contributed by atoms with van der Waals surface area (Å²) in [4.78, 5) is 18.8. The molecule has 212 valence electrons. The summed E-state index contributed by atoms with van der Waals surface area (Å²) in [7, 11) is 0. The molecule has 1 saturated carbocycles. The molecule has 4 aliphatic rings. The molecule has 8 nitrogen and oxygen atoms in total. The number of aromatic nitrogens is 3. The van der Waals surface area contributed by atoms with E-state index in [1.54, 1.807) is 18.3 Å². The van der Waals surface area contributed by atoms with Gasteiger partial charge in [-0.2, -0.15) is 9.97 Å². The highest BCUT2D eigenvalue weighted by molar-refractivity contribution is 5.99. The van der Waals surface area contributed by atoms with Crippen LogP contribution in [0.1, 0.15) is 38.5 Å². The van der Waals surface area contributed by atoms with Gasteiger partial charge in [0.05, 0.1) is 17.0 Å². The number of phenols is 1. The fraction of sp³-hybridized carbons (Fsp3) is 0.469. The van der Waals surface area contributed by atoms with Crippen LogP contribution in [-0.4, -0.2) is 74.5 Å². The van der Waals surface area contributed by atoms with Crippen molar-refractivity contribution >= 4 is 27.5 Å². The SMILES string of the molecule is Oc1cc(-c2ncc3c(N4CC5CCC(C4)C5O)nc(OCC45CCCN4CCC5)nc3c2F)c2ccccc2c1. The van der Waals surface area contributed by atoms with Crippen molar-refractivity contribution in [3.63, 3.8) is 0 Å². The Hall–Kier alpha value is -3.56. The Labute approximate surface area is 237 Å². The van der Waals surface area contributed by atoms with Crippen LogP contribution >= 0.6 is 0 Å². The number of piperidine rings is 1. The molecule has 41 heavy (non-hydrogen) atoms. The Morgan fingerprint density at radius 2 is 1.76 bits per heavy atom. The Morgan fingerprint density at radius 1 is 1.00 bits per heavy atom. The predicted molar refractivity (Wildman–Crippen MR) is 155 cm³/mol. The number of ether oxygens (including phenoxy) is 1. The molecule has 0 amide bonds. The number of hydrogen-bond donors (Lipinski definition) is 2. The van der Waals surface area contributed by atoms with Gasteiger partial charge in [0.1, 0.15) is 29.4 Å². The molecule has 1 aliphatic carbocycles. The van der Waals surface area contributed by atoms with E-state index >= 15 is 4.39 Å². The lowest BCUT2D eigenvalue weighted by Crippen LogP contribution is -2.45. The number of anilines is 1. The van der Waals surface area contributed by atoms with Crippen LogP contribution in [0.15, 0.2) is 42.6 Å². The van der Waals surface area contributed by atoms with Gasteiger partial charge in [0.25, 0.3) is 0 Å². The summed E-state index contributed by atoms with van der Waals surface area (Å²) < 4.78 is 22.9. The molecule has 3 saturated heterocycles. The molecule has 0 spiro atoms. The van der Waals surface area contributed by atoms with Crippen LogP contribution in [0.5, 0.6) is 11.8 Å². The predicted octanol–water partition coefficient (Wildman–Crippen LogP) is 4.90. The van der Waals surface area contributed by atoms with Crippen LogP contribution < -0.4 is 9.64 Å². The second-order valence-electron chi connectivity index (χ2n) is 12.4. The third kappa shape index (κ3) is 4.04. The van der Waals surface area contributed by atoms with Crippen molar-refractivity contribution in [3.05, 3.63) is 48.4 Å². The number of fused-ring (bicyclic) bond motifs is 5. The minimum Gasteiger partial charge on any atom is -0.508 e. The van der Waals surface area contributed by atoms with Gasteiger partial charge in [-0.15, -0.1) is 0 Å². The zero-order valence-corrected chi connectivity index (χ0v) is 23.0. The highest BCUT2D eigenvalue weighted by atomic mass is 19.1. The van der Waals surface area contributed by atoms with Crippen molar-refractivity contribution in [1.82, 2.24) is 19.9 Å². The van der Waals surface area contributed by atoms with E-state index in [4.69, 9.17) is 9.72 Å². The maximum Gasteiger partial charge on any atom is 0.319 e. The molecule has 0 radical (unpaired) electrons. The Morgan fingerprint density at radius 3 is 2.54 bits per heavy atom. The monoisotopic (exact) mass is 555 g/mol. The molecule has 9 heteroatoms. The van der Waals surface area contributed by atoms with Gasteiger partial charge >= 0.3 is 6.01 Å². The molecule has 2 unspecified atom stereocenters. The van der Waals surface area contributed by atoms with Gasteiger partial charge < -0.3 is 19.8 Å². The Kier molecular flexibility index (Phi) is 5.83. The number of aliphatic hydroxyl groups is 1. The van der Waals surface area contributed by atoms with Gasteiger partial charge in [-0.3, -0.25) is 9.88 Å². The summed E-state index contributed by atoms with van der Waals surface area (Å²) >= 11 is 0. The molecule has 3 aliphatic heterocycles. The highest BCUT2D eigenvalue weighted by Gasteiger charge is 2.45. The molecular formula is C32H34FN5O3. The standard InChI is InChI=1S/C32H34FN5O3/c33-26-27(24-14-22(39)13-19-5-1-2-6-23(19)24)34-15-25-28(26)35-31(41-18-32-9-3-11-38(32)12-4-10-32)36-30(25)37-16-20-7-8-21(17-37)29(20)40/h1-2,5-6,13-15,20-21,29,39-40H,3-4,7-12,16-18H2. The van der Waals surface area contributed by atoms with E-state index < -0.39 is 5.82 Å². The van der Waals surface area contributed by atoms with E-state index in [-0.39, 0.29) is 46.4 Å². The van der Waals surface area contributed by atoms with E-state index in [0.717, 1.165) is 62.4 Å². The lowest BCUT2D eigenvalue weighted by atomic mass is 9.95. The summed E-state index contributed by atoms with van der Waals surface area (Å²) in [6.45, 7) is 3.98. The van der Waals surface area contributed by atoms with Crippen LogP contribution in [-0.2, 0) is 0 Å². The number of rotatable bonds is 5. The average molecular weight is 556 g/mol. The second-order valence-corrected chi connectivity index (χ2v) is 12.4. The van der Waals surface area contributed by atoms with Gasteiger partial charge in [-0.1, -0.05) is 24.3 Å². The lowest BCUT2D eigenvalue weighted by Gasteiger charge is -2.36. The van der Waals surface area contributed by atoms with Crippen molar-refractivity contribution in [2.24, 2.45) is 11.8 Å². The first kappa shape index (κ1) is 25.2. The molecule has 5 heterocycles. The minimum absolute atomic E-state index is 0.00918. The summed E-state index contributed by atoms with van der Waals surface area (Å²) in [6.07, 6.45) is 7.81. The van der Waals surface area contributed by atoms with Gasteiger partial charge in [0, 0.05) is 36.7 Å². The molecule has 8 rings (SSSR count). The number of aliphatic hydroxyl groups excluding tert-OH is 1. The quantitative estimate of drug-likeness (QED) is 0.359. The minimum atomic E-state index is -0.562. The summed E-state index contributed by atoms with van der Waals surface area (Å²) in [5.41, 5.74) is 0.807. The number of hydrogen-bond acceptors (Lipinski definition) is 8. The normalized spacial score (nSPS) is 25.3. The average Bonchev–Trinajstić information content (AvgIpc) is 3.60. The number of pyridine rings is 1. The fourth-order valence-electron chi connectivity index (χ4n) is 8.03. The van der Waals surface area contributed by atoms with Crippen LogP contribution in [0.3, 0.4) is 0 Å². The molecule has 4 aromatic rings. The topological polar surface area (TPSA) is 94.8 Å². The molecule has 2 atom stereocenters. The van der Waals surface area contributed by atoms with E-state index in [2.05, 4.69) is 19.8 Å². The van der Waals surface area contributed by atoms with Gasteiger partial charge in [-0.05, 0) is 74.5 Å². The van der Waals surface area contributed by atoms with E-state index in [0.29, 0.717) is 36.5 Å². The maximum atomic E-state index is 16.6. The zero-order chi connectivity index (χ0) is 27.7. The van der Waals surface area contributed by atoms with Gasteiger partial charge in [-0.25, -0.2) is 4.39 Å². The van der Waals surface area contributed by atoms with Gasteiger partial charge in [0.15, 0.2) is 5.82 Å². The summed E-state index contributed by atoms with van der Waals surface area (Å²) in [5, 5.41) is 23.2. The number of nitrogens with zero attached hydrogens (tertiary/aromatic N) is 5. The van der Waals surface area contributed by atoms with E-state index in [1.165, 1.54) is 0 Å². The number of aromatic hydroxyl groups is 1. The molecule has 2 aromatic carbocycles. The molecule has 2 N–H and O–H groups in total. The number of phenolic OH excluding ortho intramolecular Hbond substituents is 1. The van der Waals surface area contributed by atoms with Crippen molar-refractivity contribution in [3.8, 4) is 23.0 Å². The summed E-state index contributed by atoms with van der Waals surface area (Å²) in [5.74, 6) is 0.436. The largest absolute Gasteiger partial charge is 0.508 e. The van der Waals surface area contributed by atoms with Crippen molar-refractivity contribution in [1.29, 1.82) is 0 Å². The lowest BCUT2D eigenvalue weighted by molar-refractivity contribution is 0.0790. The Balaban J connectivity index is 1.25. The maximum absolute atomic E-state index is 16.6. The summed E-state index contributed by atoms with van der Waals surface area (Å²) in [6, 6.07) is 11.0. The van der Waals surface area contributed by atoms with E-state index in [9.17, 15) is 10.2 Å². The van der Waals surface area contributed by atoms with Crippen molar-refractivity contribution in [2.75, 3.05) is 37.7 Å². The number of halogens is 1. The third-order valence-electron chi connectivity index (χ3n) is 10.1. The first-order chi connectivity index (χ1) is 20.0. The highest BCUT2D eigenvalue weighted by Crippen LogP contribution is 2.42. The first-order valence-electron chi connectivity index (χ1n) is 14.9.